The zero-order chi connectivity index (χ0) is 13.1. The van der Waals surface area contributed by atoms with Gasteiger partial charge in [-0.2, -0.15) is 5.26 Å². The van der Waals surface area contributed by atoms with Crippen molar-refractivity contribution in [2.45, 2.75) is 19.9 Å². The largest absolute Gasteiger partial charge is 0.278 e. The fourth-order valence-corrected chi connectivity index (χ4v) is 2.13. The van der Waals surface area contributed by atoms with E-state index in [1.165, 1.54) is 4.57 Å². The van der Waals surface area contributed by atoms with Crippen LogP contribution in [0.5, 0.6) is 0 Å². The third-order valence-electron chi connectivity index (χ3n) is 2.53. The molecule has 0 aliphatic heterocycles. The van der Waals surface area contributed by atoms with E-state index in [1.54, 1.807) is 18.3 Å². The highest BCUT2D eigenvalue weighted by molar-refractivity contribution is 9.10. The predicted octanol–water partition coefficient (Wildman–Crippen LogP) is 2.46. The fourth-order valence-electron chi connectivity index (χ4n) is 1.77. The highest BCUT2D eigenvalue weighted by Gasteiger charge is 2.10. The molecule has 1 aromatic heterocycles. The third kappa shape index (κ3) is 2.22. The van der Waals surface area contributed by atoms with E-state index >= 15 is 0 Å². The highest BCUT2D eigenvalue weighted by atomic mass is 79.9. The molecular weight excluding hydrogens is 296 g/mol. The van der Waals surface area contributed by atoms with Crippen LogP contribution < -0.4 is 10.9 Å². The van der Waals surface area contributed by atoms with Gasteiger partial charge in [-0.1, -0.05) is 22.9 Å². The summed E-state index contributed by atoms with van der Waals surface area (Å²) < 4.78 is 2.32. The second-order valence-electron chi connectivity index (χ2n) is 3.79. The first-order chi connectivity index (χ1) is 8.67. The molecule has 0 saturated heterocycles. The van der Waals surface area contributed by atoms with Gasteiger partial charge in [0.15, 0.2) is 6.19 Å². The Balaban J connectivity index is 2.77. The zero-order valence-electron chi connectivity index (χ0n) is 9.77. The molecule has 2 rings (SSSR count). The van der Waals surface area contributed by atoms with Gasteiger partial charge in [0.05, 0.1) is 10.9 Å². The van der Waals surface area contributed by atoms with Gasteiger partial charge in [0, 0.05) is 11.0 Å². The first-order valence-electron chi connectivity index (χ1n) is 5.52. The summed E-state index contributed by atoms with van der Waals surface area (Å²) in [6.07, 6.45) is 2.60. The predicted molar refractivity (Wildman–Crippen MR) is 73.2 cm³/mol. The molecule has 1 heterocycles. The number of nitrogens with zero attached hydrogens (tertiary/aromatic N) is 3. The Morgan fingerprint density at radius 1 is 1.56 bits per heavy atom. The monoisotopic (exact) mass is 306 g/mol. The van der Waals surface area contributed by atoms with Crippen LogP contribution in [0.3, 0.4) is 0 Å². The molecule has 0 fully saturated rings. The number of halogens is 1. The van der Waals surface area contributed by atoms with Crippen LogP contribution in [0.15, 0.2) is 27.5 Å². The van der Waals surface area contributed by atoms with Gasteiger partial charge in [0.25, 0.3) is 5.56 Å². The van der Waals surface area contributed by atoms with Crippen molar-refractivity contribution in [3.05, 3.63) is 33.0 Å². The van der Waals surface area contributed by atoms with Gasteiger partial charge in [-0.15, -0.1) is 0 Å². The fraction of sp³-hybridized carbons (Fsp3) is 0.250. The molecular formula is C12H11BrN4O. The van der Waals surface area contributed by atoms with E-state index in [0.29, 0.717) is 23.4 Å². The zero-order valence-corrected chi connectivity index (χ0v) is 11.4. The molecule has 6 heteroatoms. The lowest BCUT2D eigenvalue weighted by Gasteiger charge is -2.10. The van der Waals surface area contributed by atoms with Gasteiger partial charge in [-0.25, -0.2) is 4.98 Å². The van der Waals surface area contributed by atoms with E-state index in [9.17, 15) is 4.79 Å². The van der Waals surface area contributed by atoms with Gasteiger partial charge in [-0.05, 0) is 24.6 Å². The number of nitrogens with one attached hydrogen (secondary N) is 1. The molecule has 0 amide bonds. The molecule has 0 spiro atoms. The summed E-state index contributed by atoms with van der Waals surface area (Å²) in [7, 11) is 0. The van der Waals surface area contributed by atoms with E-state index < -0.39 is 0 Å². The summed E-state index contributed by atoms with van der Waals surface area (Å²) in [5.74, 6) is 0.291. The minimum atomic E-state index is -0.138. The molecule has 2 aromatic rings. The maximum Gasteiger partial charge on any atom is 0.262 e. The van der Waals surface area contributed by atoms with Crippen molar-refractivity contribution in [3.63, 3.8) is 0 Å². The number of aromatic nitrogens is 2. The van der Waals surface area contributed by atoms with Crippen LogP contribution in [0, 0.1) is 11.5 Å². The summed E-state index contributed by atoms with van der Waals surface area (Å²) in [5.41, 5.74) is 0.439. The smallest absolute Gasteiger partial charge is 0.262 e. The van der Waals surface area contributed by atoms with Crippen LogP contribution in [0.4, 0.5) is 5.95 Å². The van der Waals surface area contributed by atoms with Crippen LogP contribution >= 0.6 is 15.9 Å². The van der Waals surface area contributed by atoms with Gasteiger partial charge in [0.1, 0.15) is 0 Å². The molecule has 92 valence electrons. The second kappa shape index (κ2) is 5.19. The van der Waals surface area contributed by atoms with Crippen molar-refractivity contribution in [2.24, 2.45) is 0 Å². The molecule has 0 unspecified atom stereocenters. The Morgan fingerprint density at radius 3 is 3.00 bits per heavy atom. The number of fused-ring (bicyclic) bond motifs is 1. The van der Waals surface area contributed by atoms with Crippen LogP contribution in [0.25, 0.3) is 10.9 Å². The summed E-state index contributed by atoms with van der Waals surface area (Å²) >= 11 is 3.34. The SMILES string of the molecule is CCCn1c(NC#N)nc2ccc(Br)cc2c1=O. The average Bonchev–Trinajstić information content (AvgIpc) is 2.35. The molecule has 5 nitrogen and oxygen atoms in total. The lowest BCUT2D eigenvalue weighted by Crippen LogP contribution is -2.24. The molecule has 0 aliphatic carbocycles. The Bertz CT molecular complexity index is 687. The van der Waals surface area contributed by atoms with Crippen molar-refractivity contribution < 1.29 is 0 Å². The molecule has 1 N–H and O–H groups in total. The Kier molecular flexibility index (Phi) is 3.63. The van der Waals surface area contributed by atoms with Gasteiger partial charge in [0.2, 0.25) is 5.95 Å². The minimum Gasteiger partial charge on any atom is -0.278 e. The van der Waals surface area contributed by atoms with Crippen LogP contribution in [-0.4, -0.2) is 9.55 Å². The first kappa shape index (κ1) is 12.6. The molecule has 0 radical (unpaired) electrons. The van der Waals surface area contributed by atoms with Crippen LogP contribution in [-0.2, 0) is 6.54 Å². The van der Waals surface area contributed by atoms with Crippen LogP contribution in [0.1, 0.15) is 13.3 Å². The molecule has 0 aliphatic rings. The maximum absolute atomic E-state index is 12.3. The summed E-state index contributed by atoms with van der Waals surface area (Å²) in [6.45, 7) is 2.49. The van der Waals surface area contributed by atoms with Crippen molar-refractivity contribution in [3.8, 4) is 6.19 Å². The molecule has 0 atom stereocenters. The molecule has 1 aromatic carbocycles. The summed E-state index contributed by atoms with van der Waals surface area (Å²) in [6, 6.07) is 5.31. The highest BCUT2D eigenvalue weighted by Crippen LogP contribution is 2.17. The number of anilines is 1. The number of benzene rings is 1. The Morgan fingerprint density at radius 2 is 2.33 bits per heavy atom. The van der Waals surface area contributed by atoms with E-state index in [0.717, 1.165) is 10.9 Å². The molecule has 0 bridgehead atoms. The standard InChI is InChI=1S/C12H11BrN4O/c1-2-5-17-11(18)9-6-8(13)3-4-10(9)16-12(17)15-7-14/h3-4,6H,2,5H2,1H3,(H,15,16). The van der Waals surface area contributed by atoms with Crippen LogP contribution in [0.2, 0.25) is 0 Å². The molecule has 18 heavy (non-hydrogen) atoms. The quantitative estimate of drug-likeness (QED) is 0.698. The average molecular weight is 307 g/mol. The van der Waals surface area contributed by atoms with Gasteiger partial charge < -0.3 is 0 Å². The number of hydrogen-bond acceptors (Lipinski definition) is 4. The molecule has 0 saturated carbocycles. The normalized spacial score (nSPS) is 10.3. The number of rotatable bonds is 3. The maximum atomic E-state index is 12.3. The lowest BCUT2D eigenvalue weighted by atomic mass is 10.2. The van der Waals surface area contributed by atoms with Gasteiger partial charge in [-0.3, -0.25) is 14.7 Å². The van der Waals surface area contributed by atoms with E-state index in [-0.39, 0.29) is 5.56 Å². The van der Waals surface area contributed by atoms with Crippen molar-refractivity contribution in [1.29, 1.82) is 5.26 Å². The first-order valence-corrected chi connectivity index (χ1v) is 6.32. The lowest BCUT2D eigenvalue weighted by molar-refractivity contribution is 0.657. The van der Waals surface area contributed by atoms with Crippen molar-refractivity contribution >= 4 is 32.8 Å². The Hall–Kier alpha value is -1.87. The topological polar surface area (TPSA) is 70.7 Å². The minimum absolute atomic E-state index is 0.138. The van der Waals surface area contributed by atoms with Gasteiger partial charge >= 0.3 is 0 Å². The van der Waals surface area contributed by atoms with Crippen molar-refractivity contribution in [1.82, 2.24) is 9.55 Å². The second-order valence-corrected chi connectivity index (χ2v) is 4.71. The number of hydrogen-bond donors (Lipinski definition) is 1. The summed E-state index contributed by atoms with van der Waals surface area (Å²) in [4.78, 5) is 16.6. The van der Waals surface area contributed by atoms with E-state index in [4.69, 9.17) is 5.26 Å². The van der Waals surface area contributed by atoms with E-state index in [2.05, 4.69) is 26.2 Å². The Labute approximate surface area is 112 Å². The number of nitriles is 1. The summed E-state index contributed by atoms with van der Waals surface area (Å²) in [5, 5.41) is 11.7. The van der Waals surface area contributed by atoms with Crippen molar-refractivity contribution in [2.75, 3.05) is 5.32 Å². The van der Waals surface area contributed by atoms with E-state index in [1.807, 2.05) is 13.0 Å². The third-order valence-corrected chi connectivity index (χ3v) is 3.02.